The highest BCUT2D eigenvalue weighted by Crippen LogP contribution is 2.40. The molecule has 1 atom stereocenters. The minimum atomic E-state index is -4.72. The fourth-order valence-corrected chi connectivity index (χ4v) is 6.42. The molecule has 1 fully saturated rings. The zero-order chi connectivity index (χ0) is 30.9. The van der Waals surface area contributed by atoms with Gasteiger partial charge in [0, 0.05) is 40.3 Å². The van der Waals surface area contributed by atoms with Crippen molar-refractivity contribution in [1.82, 2.24) is 20.0 Å². The van der Waals surface area contributed by atoms with E-state index < -0.39 is 35.7 Å². The predicted octanol–water partition coefficient (Wildman–Crippen LogP) is 5.26. The zero-order valence-corrected chi connectivity index (χ0v) is 24.8. The Balaban J connectivity index is 1.61. The van der Waals surface area contributed by atoms with Crippen molar-refractivity contribution in [1.29, 1.82) is 0 Å². The molecule has 42 heavy (non-hydrogen) atoms. The molecule has 0 aromatic heterocycles. The first-order chi connectivity index (χ1) is 19.7. The number of amides is 3. The number of carboxylic acid groups (broad SMARTS) is 1. The SMILES string of the molecule is CN(C[C@](CCN1CCC2(CC1)NC(=O)Cc1ccccc12)(c1ccc(Cl)c(Cl)c1)N(C)C(=O)O)C(=O)CC(F)(F)F. The van der Waals surface area contributed by atoms with Crippen LogP contribution >= 0.6 is 23.2 Å². The molecule has 0 radical (unpaired) electrons. The molecule has 0 bridgehead atoms. The van der Waals surface area contributed by atoms with E-state index in [9.17, 15) is 32.7 Å². The van der Waals surface area contributed by atoms with Crippen LogP contribution in [-0.4, -0.2) is 84.2 Å². The number of benzene rings is 2. The Morgan fingerprint density at radius 2 is 1.74 bits per heavy atom. The second kappa shape index (κ2) is 12.3. The second-order valence-electron chi connectivity index (χ2n) is 11.1. The first-order valence-corrected chi connectivity index (χ1v) is 14.3. The van der Waals surface area contributed by atoms with Crippen molar-refractivity contribution in [3.63, 3.8) is 0 Å². The number of fused-ring (bicyclic) bond motifs is 2. The van der Waals surface area contributed by atoms with Crippen LogP contribution in [0.3, 0.4) is 0 Å². The molecule has 2 aromatic rings. The van der Waals surface area contributed by atoms with Crippen LogP contribution in [-0.2, 0) is 27.1 Å². The van der Waals surface area contributed by atoms with Gasteiger partial charge in [-0.25, -0.2) is 4.79 Å². The fraction of sp³-hybridized carbons (Fsp3) is 0.483. The van der Waals surface area contributed by atoms with E-state index in [1.165, 1.54) is 26.2 Å². The van der Waals surface area contributed by atoms with E-state index in [4.69, 9.17) is 23.2 Å². The molecule has 1 spiro atoms. The van der Waals surface area contributed by atoms with Gasteiger partial charge in [0.15, 0.2) is 0 Å². The Kier molecular flexibility index (Phi) is 9.34. The van der Waals surface area contributed by atoms with Crippen molar-refractivity contribution >= 4 is 41.1 Å². The molecule has 2 heterocycles. The molecular formula is C29H33Cl2F3N4O4. The number of carbonyl (C=O) groups excluding carboxylic acids is 2. The summed E-state index contributed by atoms with van der Waals surface area (Å²) in [5.74, 6) is -1.22. The summed E-state index contributed by atoms with van der Waals surface area (Å²) in [6.07, 6.45) is -5.96. The number of carbonyl (C=O) groups is 3. The zero-order valence-electron chi connectivity index (χ0n) is 23.3. The van der Waals surface area contributed by atoms with Gasteiger partial charge in [0.2, 0.25) is 11.8 Å². The Labute approximate surface area is 252 Å². The molecule has 13 heteroatoms. The second-order valence-corrected chi connectivity index (χ2v) is 11.9. The minimum Gasteiger partial charge on any atom is -0.465 e. The van der Waals surface area contributed by atoms with Crippen molar-refractivity contribution in [2.24, 2.45) is 0 Å². The summed E-state index contributed by atoms with van der Waals surface area (Å²) in [6.45, 7) is 1.20. The molecule has 2 N–H and O–H groups in total. The molecule has 2 aromatic carbocycles. The first-order valence-electron chi connectivity index (χ1n) is 13.5. The largest absolute Gasteiger partial charge is 0.465 e. The average Bonchev–Trinajstić information content (AvgIpc) is 2.92. The van der Waals surface area contributed by atoms with Crippen LogP contribution in [0.1, 0.15) is 42.4 Å². The van der Waals surface area contributed by atoms with E-state index in [1.54, 1.807) is 6.07 Å². The maximum absolute atomic E-state index is 13.0. The molecule has 2 aliphatic heterocycles. The third-order valence-electron chi connectivity index (χ3n) is 8.48. The van der Waals surface area contributed by atoms with Crippen LogP contribution < -0.4 is 5.32 Å². The van der Waals surface area contributed by atoms with Crippen molar-refractivity contribution in [2.75, 3.05) is 40.3 Å². The van der Waals surface area contributed by atoms with Crippen molar-refractivity contribution in [2.45, 2.75) is 49.4 Å². The summed E-state index contributed by atoms with van der Waals surface area (Å²) in [7, 11) is 2.55. The van der Waals surface area contributed by atoms with Crippen LogP contribution in [0.2, 0.25) is 10.0 Å². The maximum atomic E-state index is 13.0. The van der Waals surface area contributed by atoms with Gasteiger partial charge in [0.25, 0.3) is 0 Å². The van der Waals surface area contributed by atoms with E-state index in [2.05, 4.69) is 10.2 Å². The summed E-state index contributed by atoms with van der Waals surface area (Å²) in [4.78, 5) is 41.5. The number of likely N-dealkylation sites (N-methyl/N-ethyl adjacent to an activating group) is 2. The lowest BCUT2D eigenvalue weighted by Gasteiger charge is -2.47. The van der Waals surface area contributed by atoms with Crippen LogP contribution in [0.15, 0.2) is 42.5 Å². The summed E-state index contributed by atoms with van der Waals surface area (Å²) in [6, 6.07) is 12.4. The number of rotatable bonds is 8. The summed E-state index contributed by atoms with van der Waals surface area (Å²) >= 11 is 12.4. The normalized spacial score (nSPS) is 18.1. The lowest BCUT2D eigenvalue weighted by atomic mass is 9.75. The van der Waals surface area contributed by atoms with Gasteiger partial charge in [-0.1, -0.05) is 53.5 Å². The third kappa shape index (κ3) is 6.79. The molecule has 228 valence electrons. The van der Waals surface area contributed by atoms with Gasteiger partial charge in [-0.15, -0.1) is 0 Å². The number of alkyl halides is 3. The quantitative estimate of drug-likeness (QED) is 0.416. The molecule has 2 aliphatic rings. The molecule has 0 saturated carbocycles. The molecule has 0 aliphatic carbocycles. The monoisotopic (exact) mass is 628 g/mol. The van der Waals surface area contributed by atoms with E-state index in [1.807, 2.05) is 24.3 Å². The Morgan fingerprint density at radius 1 is 1.07 bits per heavy atom. The smallest absolute Gasteiger partial charge is 0.407 e. The van der Waals surface area contributed by atoms with Crippen LogP contribution in [0, 0.1) is 0 Å². The van der Waals surface area contributed by atoms with Gasteiger partial charge >= 0.3 is 12.3 Å². The highest BCUT2D eigenvalue weighted by atomic mass is 35.5. The van der Waals surface area contributed by atoms with Gasteiger partial charge in [0.05, 0.1) is 27.5 Å². The highest BCUT2D eigenvalue weighted by Gasteiger charge is 2.45. The number of nitrogens with zero attached hydrogens (tertiary/aromatic N) is 3. The Bertz CT molecular complexity index is 1350. The highest BCUT2D eigenvalue weighted by molar-refractivity contribution is 6.42. The summed E-state index contributed by atoms with van der Waals surface area (Å²) in [5.41, 5.74) is 0.561. The number of halogens is 5. The lowest BCUT2D eigenvalue weighted by molar-refractivity contribution is -0.161. The number of likely N-dealkylation sites (tertiary alicyclic amines) is 1. The molecular weight excluding hydrogens is 596 g/mol. The predicted molar refractivity (Wildman–Crippen MR) is 152 cm³/mol. The lowest BCUT2D eigenvalue weighted by Crippen LogP contribution is -2.58. The summed E-state index contributed by atoms with van der Waals surface area (Å²) in [5, 5.41) is 13.7. The minimum absolute atomic E-state index is 0.0320. The number of hydrogen-bond donors (Lipinski definition) is 2. The Morgan fingerprint density at radius 3 is 2.36 bits per heavy atom. The molecule has 0 unspecified atom stereocenters. The number of nitrogens with one attached hydrogen (secondary N) is 1. The fourth-order valence-electron chi connectivity index (χ4n) is 6.13. The standard InChI is InChI=1S/C29H33Cl2F3N4O4/c1-36(25(40)17-29(32,33)34)18-28(37(2)26(41)42,20-7-8-22(30)23(31)16-20)11-14-38-12-9-27(10-13-38)21-6-4-3-5-19(21)15-24(39)35-27/h3-8,16H,9-15,17-18H2,1-2H3,(H,35,39)(H,41,42)/t28-/m1/s1. The van der Waals surface area contributed by atoms with E-state index in [-0.39, 0.29) is 28.9 Å². The topological polar surface area (TPSA) is 93.2 Å². The van der Waals surface area contributed by atoms with Gasteiger partial charge in [-0.2, -0.15) is 13.2 Å². The first kappa shape index (κ1) is 31.9. The summed E-state index contributed by atoms with van der Waals surface area (Å²) < 4.78 is 39.1. The van der Waals surface area contributed by atoms with Gasteiger partial charge in [-0.3, -0.25) is 14.5 Å². The van der Waals surface area contributed by atoms with Gasteiger partial charge in [-0.05, 0) is 48.1 Å². The molecule has 3 amide bonds. The molecule has 1 saturated heterocycles. The van der Waals surface area contributed by atoms with Crippen LogP contribution in [0.4, 0.5) is 18.0 Å². The average molecular weight is 630 g/mol. The van der Waals surface area contributed by atoms with Gasteiger partial charge < -0.3 is 20.2 Å². The van der Waals surface area contributed by atoms with E-state index in [0.29, 0.717) is 44.5 Å². The Hall–Kier alpha value is -3.02. The van der Waals surface area contributed by atoms with Gasteiger partial charge in [0.1, 0.15) is 6.42 Å². The molecule has 4 rings (SSSR count). The number of hydrogen-bond acceptors (Lipinski definition) is 4. The van der Waals surface area contributed by atoms with E-state index >= 15 is 0 Å². The van der Waals surface area contributed by atoms with Crippen LogP contribution in [0.5, 0.6) is 0 Å². The molecule has 8 nitrogen and oxygen atoms in total. The number of piperidine rings is 1. The van der Waals surface area contributed by atoms with Crippen LogP contribution in [0.25, 0.3) is 0 Å². The third-order valence-corrected chi connectivity index (χ3v) is 9.21. The van der Waals surface area contributed by atoms with Crippen molar-refractivity contribution in [3.05, 3.63) is 69.2 Å². The van der Waals surface area contributed by atoms with E-state index in [0.717, 1.165) is 20.9 Å². The van der Waals surface area contributed by atoms with Crippen molar-refractivity contribution < 1.29 is 32.7 Å². The van der Waals surface area contributed by atoms with Crippen molar-refractivity contribution in [3.8, 4) is 0 Å². The maximum Gasteiger partial charge on any atom is 0.407 e.